The number of fused-ring (bicyclic) bond motifs is 1. The van der Waals surface area contributed by atoms with E-state index in [0.29, 0.717) is 30.2 Å². The van der Waals surface area contributed by atoms with E-state index in [1.807, 2.05) is 30.2 Å². The van der Waals surface area contributed by atoms with E-state index in [9.17, 15) is 9.90 Å². The molecule has 1 aromatic rings. The topological polar surface area (TPSA) is 62.2 Å². The van der Waals surface area contributed by atoms with Gasteiger partial charge in [0.15, 0.2) is 5.75 Å². The van der Waals surface area contributed by atoms with Crippen LogP contribution in [0.15, 0.2) is 41.9 Å². The lowest BCUT2D eigenvalue weighted by Gasteiger charge is -2.42. The first-order valence-electron chi connectivity index (χ1n) is 7.47. The number of hydrogen-bond donors (Lipinski definition) is 1. The molecule has 0 amide bonds. The van der Waals surface area contributed by atoms with E-state index < -0.39 is 5.97 Å². The van der Waals surface area contributed by atoms with Crippen LogP contribution in [0.4, 0.5) is 5.69 Å². The molecule has 1 atom stereocenters. The zero-order chi connectivity index (χ0) is 16.6. The molecule has 2 aliphatic heterocycles. The summed E-state index contributed by atoms with van der Waals surface area (Å²) in [5, 5.41) is 9.68. The summed E-state index contributed by atoms with van der Waals surface area (Å²) in [4.78, 5) is 16.1. The highest BCUT2D eigenvalue weighted by Crippen LogP contribution is 2.40. The fourth-order valence-electron chi connectivity index (χ4n) is 2.94. The SMILES string of the molecule is COC(=O)c1cccc2c1OC[C@H](C)N2C1=CC=C(O)CN1C. The Bertz CT molecular complexity index is 696. The van der Waals surface area contributed by atoms with Crippen molar-refractivity contribution in [3.05, 3.63) is 47.5 Å². The Morgan fingerprint density at radius 1 is 1.39 bits per heavy atom. The van der Waals surface area contributed by atoms with Gasteiger partial charge < -0.3 is 24.4 Å². The van der Waals surface area contributed by atoms with E-state index in [-0.39, 0.29) is 6.04 Å². The molecular formula is C17H20N2O4. The first-order valence-corrected chi connectivity index (χ1v) is 7.47. The number of aliphatic hydroxyl groups is 1. The molecule has 2 aliphatic rings. The number of nitrogens with zero attached hydrogens (tertiary/aromatic N) is 2. The summed E-state index contributed by atoms with van der Waals surface area (Å²) in [6.45, 7) is 2.96. The number of anilines is 1. The third-order valence-corrected chi connectivity index (χ3v) is 4.03. The molecule has 0 radical (unpaired) electrons. The van der Waals surface area contributed by atoms with Crippen LogP contribution in [0.3, 0.4) is 0 Å². The van der Waals surface area contributed by atoms with Gasteiger partial charge >= 0.3 is 5.97 Å². The lowest BCUT2D eigenvalue weighted by molar-refractivity contribution is 0.0595. The molecule has 3 rings (SSSR count). The summed E-state index contributed by atoms with van der Waals surface area (Å²) in [6, 6.07) is 5.53. The van der Waals surface area contributed by atoms with Gasteiger partial charge in [0, 0.05) is 7.05 Å². The average molecular weight is 316 g/mol. The van der Waals surface area contributed by atoms with Crippen molar-refractivity contribution in [2.24, 2.45) is 0 Å². The van der Waals surface area contributed by atoms with E-state index in [1.54, 1.807) is 12.1 Å². The molecular weight excluding hydrogens is 296 g/mol. The lowest BCUT2D eigenvalue weighted by atomic mass is 10.1. The normalized spacial score (nSPS) is 20.2. The molecule has 0 aromatic heterocycles. The molecule has 6 heteroatoms. The van der Waals surface area contributed by atoms with Crippen molar-refractivity contribution in [2.75, 3.05) is 32.2 Å². The highest BCUT2D eigenvalue weighted by atomic mass is 16.5. The Hall–Kier alpha value is -2.63. The van der Waals surface area contributed by atoms with Crippen LogP contribution in [0.1, 0.15) is 17.3 Å². The molecule has 6 nitrogen and oxygen atoms in total. The average Bonchev–Trinajstić information content (AvgIpc) is 2.54. The van der Waals surface area contributed by atoms with Gasteiger partial charge in [-0.25, -0.2) is 4.79 Å². The van der Waals surface area contributed by atoms with Gasteiger partial charge in [-0.15, -0.1) is 0 Å². The first-order chi connectivity index (χ1) is 11.0. The largest absolute Gasteiger partial charge is 0.510 e. The number of carbonyl (C=O) groups is 1. The number of hydrogen-bond acceptors (Lipinski definition) is 6. The second-order valence-electron chi connectivity index (χ2n) is 5.71. The maximum Gasteiger partial charge on any atom is 0.341 e. The van der Waals surface area contributed by atoms with Crippen LogP contribution in [0.25, 0.3) is 0 Å². The van der Waals surface area contributed by atoms with Crippen molar-refractivity contribution in [1.29, 1.82) is 0 Å². The molecule has 1 aromatic carbocycles. The van der Waals surface area contributed by atoms with Crippen molar-refractivity contribution in [1.82, 2.24) is 4.90 Å². The van der Waals surface area contributed by atoms with Crippen LogP contribution in [-0.4, -0.2) is 49.3 Å². The molecule has 122 valence electrons. The number of esters is 1. The molecule has 23 heavy (non-hydrogen) atoms. The van der Waals surface area contributed by atoms with E-state index in [4.69, 9.17) is 9.47 Å². The summed E-state index contributed by atoms with van der Waals surface area (Å²) < 4.78 is 10.7. The van der Waals surface area contributed by atoms with Crippen molar-refractivity contribution >= 4 is 11.7 Å². The Balaban J connectivity index is 2.09. The van der Waals surface area contributed by atoms with Crippen LogP contribution in [-0.2, 0) is 4.74 Å². The van der Waals surface area contributed by atoms with Crippen LogP contribution in [0.2, 0.25) is 0 Å². The molecule has 0 fully saturated rings. The zero-order valence-corrected chi connectivity index (χ0v) is 13.4. The fourth-order valence-corrected chi connectivity index (χ4v) is 2.94. The number of ether oxygens (including phenoxy) is 2. The Labute approximate surface area is 135 Å². The number of para-hydroxylation sites is 1. The summed E-state index contributed by atoms with van der Waals surface area (Å²) in [7, 11) is 3.27. The molecule has 0 bridgehead atoms. The van der Waals surface area contributed by atoms with Crippen molar-refractivity contribution in [2.45, 2.75) is 13.0 Å². The number of likely N-dealkylation sites (N-methyl/N-ethyl adjacent to an activating group) is 1. The highest BCUT2D eigenvalue weighted by molar-refractivity contribution is 5.95. The minimum atomic E-state index is -0.417. The van der Waals surface area contributed by atoms with E-state index >= 15 is 0 Å². The van der Waals surface area contributed by atoms with Crippen molar-refractivity contribution in [3.8, 4) is 5.75 Å². The quantitative estimate of drug-likeness (QED) is 0.845. The number of allylic oxidation sites excluding steroid dienone is 2. The van der Waals surface area contributed by atoms with Crippen LogP contribution >= 0.6 is 0 Å². The van der Waals surface area contributed by atoms with Gasteiger partial charge in [0.25, 0.3) is 0 Å². The summed E-state index contributed by atoms with van der Waals surface area (Å²) in [5.74, 6) is 1.38. The number of aliphatic hydroxyl groups excluding tert-OH is 1. The first kappa shape index (κ1) is 15.3. The van der Waals surface area contributed by atoms with Gasteiger partial charge in [-0.1, -0.05) is 6.07 Å². The second kappa shape index (κ2) is 5.87. The zero-order valence-electron chi connectivity index (χ0n) is 13.4. The van der Waals surface area contributed by atoms with Crippen molar-refractivity contribution < 1.29 is 19.4 Å². The number of benzene rings is 1. The van der Waals surface area contributed by atoms with Gasteiger partial charge in [0.1, 0.15) is 23.8 Å². The van der Waals surface area contributed by atoms with Gasteiger partial charge in [-0.2, -0.15) is 0 Å². The third-order valence-electron chi connectivity index (χ3n) is 4.03. The van der Waals surface area contributed by atoms with E-state index in [2.05, 4.69) is 11.8 Å². The smallest absolute Gasteiger partial charge is 0.341 e. The maximum atomic E-state index is 12.0. The minimum Gasteiger partial charge on any atom is -0.510 e. The summed E-state index contributed by atoms with van der Waals surface area (Å²) in [6.07, 6.45) is 3.57. The van der Waals surface area contributed by atoms with E-state index in [1.165, 1.54) is 7.11 Å². The Morgan fingerprint density at radius 2 is 2.17 bits per heavy atom. The third kappa shape index (κ3) is 2.60. The minimum absolute atomic E-state index is 0.0951. The Morgan fingerprint density at radius 3 is 2.87 bits per heavy atom. The Kier molecular flexibility index (Phi) is 3.90. The van der Waals surface area contributed by atoms with Crippen LogP contribution in [0.5, 0.6) is 5.75 Å². The van der Waals surface area contributed by atoms with Crippen LogP contribution in [0, 0.1) is 0 Å². The predicted octanol–water partition coefficient (Wildman–Crippen LogP) is 2.29. The predicted molar refractivity (Wildman–Crippen MR) is 86.6 cm³/mol. The van der Waals surface area contributed by atoms with Gasteiger partial charge in [0.2, 0.25) is 0 Å². The molecule has 0 saturated heterocycles. The molecule has 0 spiro atoms. The summed E-state index contributed by atoms with van der Waals surface area (Å²) in [5.41, 5.74) is 1.24. The standard InChI is InChI=1S/C17H20N2O4/c1-11-10-23-16-13(17(21)22-3)5-4-6-14(16)19(11)15-8-7-12(20)9-18(15)2/h4-8,11,20H,9-10H2,1-3H3/t11-/m0/s1. The van der Waals surface area contributed by atoms with Crippen LogP contribution < -0.4 is 9.64 Å². The molecule has 1 N–H and O–H groups in total. The molecule has 0 saturated carbocycles. The number of methoxy groups -OCH3 is 1. The van der Waals surface area contributed by atoms with Gasteiger partial charge in [-0.3, -0.25) is 0 Å². The lowest BCUT2D eigenvalue weighted by Crippen LogP contribution is -2.46. The maximum absolute atomic E-state index is 12.0. The number of carbonyl (C=O) groups excluding carboxylic acids is 1. The molecule has 0 unspecified atom stereocenters. The second-order valence-corrected chi connectivity index (χ2v) is 5.71. The monoisotopic (exact) mass is 316 g/mol. The number of rotatable bonds is 2. The molecule has 2 heterocycles. The summed E-state index contributed by atoms with van der Waals surface area (Å²) >= 11 is 0. The van der Waals surface area contributed by atoms with Crippen molar-refractivity contribution in [3.63, 3.8) is 0 Å². The van der Waals surface area contributed by atoms with Gasteiger partial charge in [0.05, 0.1) is 25.4 Å². The fraction of sp³-hybridized carbons (Fsp3) is 0.353. The molecule has 0 aliphatic carbocycles. The highest BCUT2D eigenvalue weighted by Gasteiger charge is 2.32. The van der Waals surface area contributed by atoms with E-state index in [0.717, 1.165) is 11.5 Å². The van der Waals surface area contributed by atoms with Gasteiger partial charge in [-0.05, 0) is 31.2 Å².